The molecule has 0 radical (unpaired) electrons. The van der Waals surface area contributed by atoms with Gasteiger partial charge in [-0.3, -0.25) is 10.1 Å². The van der Waals surface area contributed by atoms with Gasteiger partial charge in [0.15, 0.2) is 0 Å². The molecule has 3 N–H and O–H groups in total. The van der Waals surface area contributed by atoms with Crippen molar-refractivity contribution in [3.8, 4) is 5.88 Å². The lowest BCUT2D eigenvalue weighted by atomic mass is 9.85. The highest BCUT2D eigenvalue weighted by Gasteiger charge is 2.23. The molecule has 1 amide bonds. The van der Waals surface area contributed by atoms with Crippen molar-refractivity contribution in [2.75, 3.05) is 12.4 Å². The van der Waals surface area contributed by atoms with Gasteiger partial charge < -0.3 is 10.5 Å². The Morgan fingerprint density at radius 2 is 2.16 bits per heavy atom. The van der Waals surface area contributed by atoms with Gasteiger partial charge in [-0.05, 0) is 5.41 Å². The van der Waals surface area contributed by atoms with Crippen molar-refractivity contribution in [3.63, 3.8) is 0 Å². The van der Waals surface area contributed by atoms with E-state index in [1.165, 1.54) is 13.2 Å². The van der Waals surface area contributed by atoms with Gasteiger partial charge in [0.25, 0.3) is 0 Å². The highest BCUT2D eigenvalue weighted by Crippen LogP contribution is 2.20. The first-order valence-electron chi connectivity index (χ1n) is 5.86. The maximum absolute atomic E-state index is 11.8. The monoisotopic (exact) mass is 286 g/mol. The lowest BCUT2D eigenvalue weighted by Gasteiger charge is -2.26. The number of ether oxygens (including phenoxy) is 1. The molecule has 19 heavy (non-hydrogen) atoms. The Labute approximate surface area is 117 Å². The second kappa shape index (κ2) is 6.16. The van der Waals surface area contributed by atoms with Crippen molar-refractivity contribution in [2.45, 2.75) is 33.2 Å². The molecule has 7 heteroatoms. The number of amides is 1. The highest BCUT2D eigenvalue weighted by atomic mass is 35.5. The molecule has 0 aliphatic carbocycles. The minimum atomic E-state index is -0.258. The number of rotatable bonds is 4. The Bertz CT molecular complexity index is 460. The molecule has 6 nitrogen and oxygen atoms in total. The number of nitrogens with zero attached hydrogens (tertiary/aromatic N) is 2. The SMILES string of the molecule is COc1cc(Cl)nc(NC(=O)CC(N)C(C)(C)C)n1. The van der Waals surface area contributed by atoms with Crippen LogP contribution in [0.3, 0.4) is 0 Å². The topological polar surface area (TPSA) is 90.1 Å². The largest absolute Gasteiger partial charge is 0.481 e. The van der Waals surface area contributed by atoms with E-state index in [0.717, 1.165) is 0 Å². The van der Waals surface area contributed by atoms with Crippen LogP contribution in [-0.2, 0) is 4.79 Å². The van der Waals surface area contributed by atoms with Gasteiger partial charge in [0, 0.05) is 18.5 Å². The molecule has 1 aromatic heterocycles. The Kier molecular flexibility index (Phi) is 5.08. The smallest absolute Gasteiger partial charge is 0.234 e. The molecule has 0 saturated heterocycles. The van der Waals surface area contributed by atoms with Crippen LogP contribution in [0.5, 0.6) is 5.88 Å². The summed E-state index contributed by atoms with van der Waals surface area (Å²) >= 11 is 5.78. The van der Waals surface area contributed by atoms with Crippen LogP contribution in [0.2, 0.25) is 5.15 Å². The summed E-state index contributed by atoms with van der Waals surface area (Å²) in [6.07, 6.45) is 0.182. The number of hydrogen-bond donors (Lipinski definition) is 2. The lowest BCUT2D eigenvalue weighted by Crippen LogP contribution is -2.38. The second-order valence-corrected chi connectivity index (χ2v) is 5.67. The standard InChI is InChI=1S/C12H19ClN4O2/c1-12(2,3)7(14)5-9(18)16-11-15-8(13)6-10(17-11)19-4/h6-7H,5,14H2,1-4H3,(H,15,16,17,18). The van der Waals surface area contributed by atoms with Crippen LogP contribution in [0.1, 0.15) is 27.2 Å². The van der Waals surface area contributed by atoms with Crippen LogP contribution in [-0.4, -0.2) is 29.0 Å². The number of carbonyl (C=O) groups is 1. The second-order valence-electron chi connectivity index (χ2n) is 5.28. The highest BCUT2D eigenvalue weighted by molar-refractivity contribution is 6.29. The number of hydrogen-bond acceptors (Lipinski definition) is 5. The molecule has 1 aromatic rings. The van der Waals surface area contributed by atoms with E-state index in [-0.39, 0.29) is 40.8 Å². The first-order chi connectivity index (χ1) is 8.72. The molecule has 0 aromatic carbocycles. The van der Waals surface area contributed by atoms with Crippen LogP contribution < -0.4 is 15.8 Å². The number of nitrogens with one attached hydrogen (secondary N) is 1. The molecule has 0 bridgehead atoms. The van der Waals surface area contributed by atoms with E-state index in [2.05, 4.69) is 15.3 Å². The van der Waals surface area contributed by atoms with E-state index in [9.17, 15) is 4.79 Å². The zero-order valence-electron chi connectivity index (χ0n) is 11.5. The van der Waals surface area contributed by atoms with Gasteiger partial charge in [-0.15, -0.1) is 0 Å². The quantitative estimate of drug-likeness (QED) is 0.824. The number of nitrogens with two attached hydrogens (primary N) is 1. The van der Waals surface area contributed by atoms with Gasteiger partial charge in [-0.1, -0.05) is 32.4 Å². The Balaban J connectivity index is 2.69. The molecule has 1 atom stereocenters. The third-order valence-corrected chi connectivity index (χ3v) is 2.84. The third-order valence-electron chi connectivity index (χ3n) is 2.65. The van der Waals surface area contributed by atoms with Gasteiger partial charge in [0.1, 0.15) is 5.15 Å². The number of halogens is 1. The normalized spacial score (nSPS) is 12.9. The fraction of sp³-hybridized carbons (Fsp3) is 0.583. The Hall–Kier alpha value is -1.40. The van der Waals surface area contributed by atoms with Gasteiger partial charge in [0.05, 0.1) is 7.11 Å². The molecule has 0 spiro atoms. The van der Waals surface area contributed by atoms with Gasteiger partial charge >= 0.3 is 0 Å². The number of carbonyl (C=O) groups excluding carboxylic acids is 1. The minimum absolute atomic E-state index is 0.107. The van der Waals surface area contributed by atoms with E-state index in [0.29, 0.717) is 0 Å². The molecule has 1 heterocycles. The molecular weight excluding hydrogens is 268 g/mol. The maximum atomic E-state index is 11.8. The van der Waals surface area contributed by atoms with Crippen LogP contribution in [0.15, 0.2) is 6.07 Å². The molecular formula is C12H19ClN4O2. The first kappa shape index (κ1) is 15.7. The summed E-state index contributed by atoms with van der Waals surface area (Å²) in [6.45, 7) is 5.93. The van der Waals surface area contributed by atoms with E-state index in [4.69, 9.17) is 22.1 Å². The molecule has 106 valence electrons. The fourth-order valence-corrected chi connectivity index (χ4v) is 1.41. The van der Waals surface area contributed by atoms with Gasteiger partial charge in [-0.2, -0.15) is 4.98 Å². The predicted molar refractivity (Wildman–Crippen MR) is 74.3 cm³/mol. The number of methoxy groups -OCH3 is 1. The van der Waals surface area contributed by atoms with E-state index >= 15 is 0 Å². The Morgan fingerprint density at radius 3 is 2.68 bits per heavy atom. The summed E-state index contributed by atoms with van der Waals surface area (Å²) in [6, 6.07) is 1.20. The maximum Gasteiger partial charge on any atom is 0.234 e. The van der Waals surface area contributed by atoms with Crippen molar-refractivity contribution in [3.05, 3.63) is 11.2 Å². The third kappa shape index (κ3) is 5.00. The fourth-order valence-electron chi connectivity index (χ4n) is 1.24. The summed E-state index contributed by atoms with van der Waals surface area (Å²) in [5.41, 5.74) is 5.79. The van der Waals surface area contributed by atoms with Gasteiger partial charge in [0.2, 0.25) is 17.7 Å². The van der Waals surface area contributed by atoms with Crippen molar-refractivity contribution in [1.82, 2.24) is 9.97 Å². The van der Waals surface area contributed by atoms with Crippen LogP contribution in [0.4, 0.5) is 5.95 Å². The van der Waals surface area contributed by atoms with Crippen molar-refractivity contribution >= 4 is 23.5 Å². The molecule has 1 rings (SSSR count). The van der Waals surface area contributed by atoms with Crippen LogP contribution in [0, 0.1) is 5.41 Å². The zero-order chi connectivity index (χ0) is 14.6. The molecule has 0 aliphatic rings. The average Bonchev–Trinajstić information content (AvgIpc) is 2.26. The number of aromatic nitrogens is 2. The van der Waals surface area contributed by atoms with Crippen LogP contribution >= 0.6 is 11.6 Å². The zero-order valence-corrected chi connectivity index (χ0v) is 12.3. The lowest BCUT2D eigenvalue weighted by molar-refractivity contribution is -0.117. The molecule has 0 aliphatic heterocycles. The Morgan fingerprint density at radius 1 is 1.53 bits per heavy atom. The van der Waals surface area contributed by atoms with Crippen molar-refractivity contribution < 1.29 is 9.53 Å². The summed E-state index contributed by atoms with van der Waals surface area (Å²) < 4.78 is 4.94. The van der Waals surface area contributed by atoms with Gasteiger partial charge in [-0.25, -0.2) is 4.98 Å². The summed E-state index contributed by atoms with van der Waals surface area (Å²) in [5, 5.41) is 2.75. The minimum Gasteiger partial charge on any atom is -0.481 e. The number of anilines is 1. The predicted octanol–water partition coefficient (Wildman–Crippen LogP) is 1.84. The van der Waals surface area contributed by atoms with E-state index < -0.39 is 0 Å². The van der Waals surface area contributed by atoms with Crippen LogP contribution in [0.25, 0.3) is 0 Å². The van der Waals surface area contributed by atoms with Crippen molar-refractivity contribution in [1.29, 1.82) is 0 Å². The van der Waals surface area contributed by atoms with Crippen molar-refractivity contribution in [2.24, 2.45) is 11.1 Å². The summed E-state index contributed by atoms with van der Waals surface area (Å²) in [4.78, 5) is 19.7. The summed E-state index contributed by atoms with van der Waals surface area (Å²) in [7, 11) is 1.46. The van der Waals surface area contributed by atoms with E-state index in [1.807, 2.05) is 20.8 Å². The van der Waals surface area contributed by atoms with E-state index in [1.54, 1.807) is 0 Å². The first-order valence-corrected chi connectivity index (χ1v) is 6.24. The molecule has 0 saturated carbocycles. The average molecular weight is 287 g/mol. The summed E-state index contributed by atoms with van der Waals surface area (Å²) in [5.74, 6) is 0.137. The molecule has 0 fully saturated rings. The molecule has 1 unspecified atom stereocenters.